The normalized spacial score (nSPS) is 10.2. The SMILES string of the molecule is COc1cccc(NC(=S)N(Cc2ccccc2)Cc2cccnc2)c1. The Morgan fingerprint density at radius 2 is 1.77 bits per heavy atom. The standard InChI is InChI=1S/C21H21N3OS/c1-25-20-11-5-10-19(13-20)23-21(26)24(15-17-7-3-2-4-8-17)16-18-9-6-12-22-14-18/h2-14H,15-16H2,1H3,(H,23,26). The lowest BCUT2D eigenvalue weighted by Gasteiger charge is -2.26. The number of anilines is 1. The summed E-state index contributed by atoms with van der Waals surface area (Å²) in [7, 11) is 1.65. The third-order valence-corrected chi connectivity index (χ3v) is 4.28. The van der Waals surface area contributed by atoms with E-state index in [-0.39, 0.29) is 0 Å². The van der Waals surface area contributed by atoms with E-state index in [4.69, 9.17) is 17.0 Å². The highest BCUT2D eigenvalue weighted by atomic mass is 32.1. The number of aromatic nitrogens is 1. The van der Waals surface area contributed by atoms with Crippen LogP contribution >= 0.6 is 12.2 Å². The van der Waals surface area contributed by atoms with Crippen molar-refractivity contribution in [1.29, 1.82) is 0 Å². The minimum absolute atomic E-state index is 0.658. The van der Waals surface area contributed by atoms with Gasteiger partial charge in [-0.15, -0.1) is 0 Å². The van der Waals surface area contributed by atoms with Crippen molar-refractivity contribution in [3.05, 3.63) is 90.3 Å². The summed E-state index contributed by atoms with van der Waals surface area (Å²) in [6, 6.07) is 22.0. The summed E-state index contributed by atoms with van der Waals surface area (Å²) >= 11 is 5.69. The second-order valence-electron chi connectivity index (χ2n) is 5.87. The van der Waals surface area contributed by atoms with Crippen LogP contribution in [0.3, 0.4) is 0 Å². The maximum absolute atomic E-state index is 5.69. The van der Waals surface area contributed by atoms with Crippen LogP contribution in [-0.4, -0.2) is 22.1 Å². The number of benzene rings is 2. The van der Waals surface area contributed by atoms with Crippen LogP contribution < -0.4 is 10.1 Å². The molecule has 1 N–H and O–H groups in total. The van der Waals surface area contributed by atoms with Gasteiger partial charge in [-0.2, -0.15) is 0 Å². The quantitative estimate of drug-likeness (QED) is 0.653. The first-order valence-electron chi connectivity index (χ1n) is 8.37. The van der Waals surface area contributed by atoms with E-state index in [0.29, 0.717) is 18.2 Å². The van der Waals surface area contributed by atoms with Gasteiger partial charge in [-0.25, -0.2) is 0 Å². The number of nitrogens with one attached hydrogen (secondary N) is 1. The lowest BCUT2D eigenvalue weighted by molar-refractivity contribution is 0.411. The largest absolute Gasteiger partial charge is 0.497 e. The second kappa shape index (κ2) is 8.97. The zero-order valence-electron chi connectivity index (χ0n) is 14.6. The fourth-order valence-corrected chi connectivity index (χ4v) is 2.87. The summed E-state index contributed by atoms with van der Waals surface area (Å²) in [5.41, 5.74) is 3.21. The molecule has 0 amide bonds. The smallest absolute Gasteiger partial charge is 0.174 e. The van der Waals surface area contributed by atoms with Crippen molar-refractivity contribution in [3.8, 4) is 5.75 Å². The number of methoxy groups -OCH3 is 1. The first-order valence-corrected chi connectivity index (χ1v) is 8.78. The fraction of sp³-hybridized carbons (Fsp3) is 0.143. The van der Waals surface area contributed by atoms with Crippen LogP contribution in [0.25, 0.3) is 0 Å². The molecule has 3 rings (SSSR count). The van der Waals surface area contributed by atoms with Gasteiger partial charge in [0.1, 0.15) is 5.75 Å². The number of nitrogens with zero attached hydrogens (tertiary/aromatic N) is 2. The molecule has 4 nitrogen and oxygen atoms in total. The highest BCUT2D eigenvalue weighted by Crippen LogP contribution is 2.18. The van der Waals surface area contributed by atoms with E-state index >= 15 is 0 Å². The molecular formula is C21H21N3OS. The molecular weight excluding hydrogens is 342 g/mol. The molecule has 3 aromatic rings. The van der Waals surface area contributed by atoms with E-state index in [9.17, 15) is 0 Å². The Morgan fingerprint density at radius 1 is 1.00 bits per heavy atom. The maximum atomic E-state index is 5.69. The third kappa shape index (κ3) is 5.04. The Labute approximate surface area is 159 Å². The number of ether oxygens (including phenoxy) is 1. The fourth-order valence-electron chi connectivity index (χ4n) is 2.62. The molecule has 0 aliphatic heterocycles. The molecule has 0 aliphatic carbocycles. The van der Waals surface area contributed by atoms with Crippen LogP contribution in [-0.2, 0) is 13.1 Å². The van der Waals surface area contributed by atoms with Crippen LogP contribution in [0.2, 0.25) is 0 Å². The summed E-state index contributed by atoms with van der Waals surface area (Å²) in [6.45, 7) is 1.39. The number of hydrogen-bond donors (Lipinski definition) is 1. The molecule has 2 aromatic carbocycles. The van der Waals surface area contributed by atoms with Gasteiger partial charge < -0.3 is 15.0 Å². The van der Waals surface area contributed by atoms with Gasteiger partial charge in [0.05, 0.1) is 7.11 Å². The molecule has 0 fully saturated rings. The Bertz CT molecular complexity index is 799. The molecule has 132 valence electrons. The van der Waals surface area contributed by atoms with Crippen LogP contribution in [0.1, 0.15) is 11.1 Å². The zero-order chi connectivity index (χ0) is 18.2. The van der Waals surface area contributed by atoms with Crippen molar-refractivity contribution in [2.45, 2.75) is 13.1 Å². The van der Waals surface area contributed by atoms with Crippen LogP contribution in [0.4, 0.5) is 5.69 Å². The van der Waals surface area contributed by atoms with Crippen LogP contribution in [0, 0.1) is 0 Å². The summed E-state index contributed by atoms with van der Waals surface area (Å²) in [4.78, 5) is 6.33. The van der Waals surface area contributed by atoms with E-state index < -0.39 is 0 Å². The second-order valence-corrected chi connectivity index (χ2v) is 6.25. The molecule has 0 unspecified atom stereocenters. The minimum Gasteiger partial charge on any atom is -0.497 e. The Morgan fingerprint density at radius 3 is 2.50 bits per heavy atom. The predicted molar refractivity (Wildman–Crippen MR) is 109 cm³/mol. The summed E-state index contributed by atoms with van der Waals surface area (Å²) in [5.74, 6) is 0.791. The van der Waals surface area contributed by atoms with E-state index in [1.54, 1.807) is 13.3 Å². The molecule has 0 atom stereocenters. The van der Waals surface area contributed by atoms with E-state index in [1.165, 1.54) is 5.56 Å². The van der Waals surface area contributed by atoms with Gasteiger partial charge in [-0.3, -0.25) is 4.98 Å². The van der Waals surface area contributed by atoms with Gasteiger partial charge in [0, 0.05) is 37.2 Å². The van der Waals surface area contributed by atoms with Crippen molar-refractivity contribution < 1.29 is 4.74 Å². The highest BCUT2D eigenvalue weighted by molar-refractivity contribution is 7.80. The Kier molecular flexibility index (Phi) is 6.17. The lowest BCUT2D eigenvalue weighted by Crippen LogP contribution is -2.33. The van der Waals surface area contributed by atoms with Crippen LogP contribution in [0.15, 0.2) is 79.1 Å². The zero-order valence-corrected chi connectivity index (χ0v) is 15.4. The minimum atomic E-state index is 0.658. The summed E-state index contributed by atoms with van der Waals surface area (Å²) in [5, 5.41) is 3.97. The topological polar surface area (TPSA) is 37.4 Å². The number of hydrogen-bond acceptors (Lipinski definition) is 3. The molecule has 5 heteroatoms. The lowest BCUT2D eigenvalue weighted by atomic mass is 10.2. The monoisotopic (exact) mass is 363 g/mol. The summed E-state index contributed by atoms with van der Waals surface area (Å²) < 4.78 is 5.28. The van der Waals surface area contributed by atoms with Crippen molar-refractivity contribution in [2.24, 2.45) is 0 Å². The van der Waals surface area contributed by atoms with Crippen molar-refractivity contribution in [2.75, 3.05) is 12.4 Å². The Balaban J connectivity index is 1.77. The molecule has 0 saturated heterocycles. The van der Waals surface area contributed by atoms with E-state index in [2.05, 4.69) is 33.4 Å². The van der Waals surface area contributed by atoms with Crippen molar-refractivity contribution in [3.63, 3.8) is 0 Å². The highest BCUT2D eigenvalue weighted by Gasteiger charge is 2.12. The number of rotatable bonds is 6. The van der Waals surface area contributed by atoms with Gasteiger partial charge >= 0.3 is 0 Å². The maximum Gasteiger partial charge on any atom is 0.174 e. The first kappa shape index (κ1) is 17.9. The third-order valence-electron chi connectivity index (χ3n) is 3.92. The average molecular weight is 363 g/mol. The molecule has 0 saturated carbocycles. The predicted octanol–water partition coefficient (Wildman–Crippen LogP) is 4.49. The molecule has 0 aliphatic rings. The average Bonchev–Trinajstić information content (AvgIpc) is 2.69. The molecule has 26 heavy (non-hydrogen) atoms. The van der Waals surface area contributed by atoms with Crippen molar-refractivity contribution >= 4 is 23.0 Å². The van der Waals surface area contributed by atoms with Gasteiger partial charge in [0.15, 0.2) is 5.11 Å². The van der Waals surface area contributed by atoms with Crippen molar-refractivity contribution in [1.82, 2.24) is 9.88 Å². The van der Waals surface area contributed by atoms with Crippen LogP contribution in [0.5, 0.6) is 5.75 Å². The molecule has 0 bridgehead atoms. The Hall–Kier alpha value is -2.92. The molecule has 0 spiro atoms. The molecule has 0 radical (unpaired) electrons. The van der Waals surface area contributed by atoms with Gasteiger partial charge in [0.2, 0.25) is 0 Å². The molecule has 1 heterocycles. The summed E-state index contributed by atoms with van der Waals surface area (Å²) in [6.07, 6.45) is 3.64. The number of pyridine rings is 1. The first-order chi connectivity index (χ1) is 12.7. The van der Waals surface area contributed by atoms with Gasteiger partial charge in [-0.1, -0.05) is 42.5 Å². The van der Waals surface area contributed by atoms with E-state index in [0.717, 1.165) is 17.0 Å². The number of thiocarbonyl (C=S) groups is 1. The van der Waals surface area contributed by atoms with Gasteiger partial charge in [0.25, 0.3) is 0 Å². The van der Waals surface area contributed by atoms with E-state index in [1.807, 2.05) is 54.7 Å². The van der Waals surface area contributed by atoms with Gasteiger partial charge in [-0.05, 0) is 41.5 Å². The molecule has 1 aromatic heterocycles.